The van der Waals surface area contributed by atoms with Crippen molar-refractivity contribution in [1.29, 1.82) is 5.26 Å². The Hall–Kier alpha value is -1.81. The van der Waals surface area contributed by atoms with E-state index in [0.717, 1.165) is 0 Å². The Morgan fingerprint density at radius 2 is 2.24 bits per heavy atom. The van der Waals surface area contributed by atoms with Crippen LogP contribution >= 0.6 is 0 Å². The fraction of sp³-hybridized carbons (Fsp3) is 0.700. The number of urea groups is 1. The van der Waals surface area contributed by atoms with Gasteiger partial charge in [0.25, 0.3) is 0 Å². The molecule has 0 aliphatic heterocycles. The molecule has 0 bridgehead atoms. The molecular weight excluding hydrogens is 226 g/mol. The van der Waals surface area contributed by atoms with E-state index in [1.165, 1.54) is 12.0 Å². The lowest BCUT2D eigenvalue weighted by atomic mass is 10.3. The number of nitriles is 1. The maximum absolute atomic E-state index is 11.7. The van der Waals surface area contributed by atoms with Crippen molar-refractivity contribution < 1.29 is 19.4 Å². The fourth-order valence-electron chi connectivity index (χ4n) is 1.17. The molecule has 0 aromatic rings. The van der Waals surface area contributed by atoms with Crippen LogP contribution in [0.5, 0.6) is 0 Å². The predicted octanol–water partition coefficient (Wildman–Crippen LogP) is 0.0312. The number of rotatable bonds is 7. The summed E-state index contributed by atoms with van der Waals surface area (Å²) in [5, 5.41) is 19.6. The first-order valence-corrected chi connectivity index (χ1v) is 5.20. The third-order valence-corrected chi connectivity index (χ3v) is 2.09. The van der Waals surface area contributed by atoms with E-state index in [1.807, 2.05) is 6.07 Å². The van der Waals surface area contributed by atoms with Crippen LogP contribution < -0.4 is 5.32 Å². The Bertz CT molecular complexity index is 300. The van der Waals surface area contributed by atoms with E-state index >= 15 is 0 Å². The van der Waals surface area contributed by atoms with Crippen molar-refractivity contribution in [2.75, 3.05) is 26.8 Å². The van der Waals surface area contributed by atoms with E-state index in [2.05, 4.69) is 5.32 Å². The average Bonchev–Trinajstić information content (AvgIpc) is 2.29. The molecule has 0 spiro atoms. The highest BCUT2D eigenvalue weighted by molar-refractivity contribution is 5.82. The van der Waals surface area contributed by atoms with Crippen molar-refractivity contribution in [3.05, 3.63) is 0 Å². The van der Waals surface area contributed by atoms with Gasteiger partial charge in [0, 0.05) is 20.2 Å². The summed E-state index contributed by atoms with van der Waals surface area (Å²) in [4.78, 5) is 23.8. The predicted molar refractivity (Wildman–Crippen MR) is 59.3 cm³/mol. The molecule has 1 unspecified atom stereocenters. The number of nitrogens with one attached hydrogen (secondary N) is 1. The molecule has 0 saturated heterocycles. The molecular formula is C10H17N3O4. The maximum atomic E-state index is 11.7. The molecule has 2 N–H and O–H groups in total. The summed E-state index contributed by atoms with van der Waals surface area (Å²) in [6.07, 6.45) is 0.212. The first-order chi connectivity index (χ1) is 8.06. The largest absolute Gasteiger partial charge is 0.480 e. The zero-order chi connectivity index (χ0) is 13.3. The zero-order valence-electron chi connectivity index (χ0n) is 9.97. The quantitative estimate of drug-likeness (QED) is 0.656. The van der Waals surface area contributed by atoms with Crippen LogP contribution in [0.15, 0.2) is 0 Å². The fourth-order valence-corrected chi connectivity index (χ4v) is 1.17. The van der Waals surface area contributed by atoms with Crippen LogP contribution in [0.4, 0.5) is 4.79 Å². The van der Waals surface area contributed by atoms with Crippen molar-refractivity contribution in [2.45, 2.75) is 19.4 Å². The monoisotopic (exact) mass is 243 g/mol. The van der Waals surface area contributed by atoms with Gasteiger partial charge in [-0.15, -0.1) is 0 Å². The number of hydrogen-bond donors (Lipinski definition) is 2. The lowest BCUT2D eigenvalue weighted by molar-refractivity contribution is -0.140. The van der Waals surface area contributed by atoms with Gasteiger partial charge in [-0.3, -0.25) is 0 Å². The van der Waals surface area contributed by atoms with Crippen LogP contribution in [-0.4, -0.2) is 54.9 Å². The van der Waals surface area contributed by atoms with E-state index in [4.69, 9.17) is 15.1 Å². The number of hydrogen-bond acceptors (Lipinski definition) is 4. The second-order valence-electron chi connectivity index (χ2n) is 3.28. The van der Waals surface area contributed by atoms with Crippen LogP contribution in [0.1, 0.15) is 13.3 Å². The molecule has 0 rings (SSSR count). The Kier molecular flexibility index (Phi) is 7.46. The molecule has 2 amide bonds. The minimum Gasteiger partial charge on any atom is -0.480 e. The lowest BCUT2D eigenvalue weighted by Crippen LogP contribution is -2.50. The molecule has 0 saturated carbocycles. The number of amides is 2. The standard InChI is InChI=1S/C10H17N3O4/c1-3-13(6-4-5-11)10(16)12-8(7-17-2)9(14)15/h8H,3-4,6-7H2,1-2H3,(H,12,16)(H,14,15). The highest BCUT2D eigenvalue weighted by Gasteiger charge is 2.22. The van der Waals surface area contributed by atoms with Crippen molar-refractivity contribution in [1.82, 2.24) is 10.2 Å². The van der Waals surface area contributed by atoms with Gasteiger partial charge in [0.15, 0.2) is 6.04 Å². The van der Waals surface area contributed by atoms with Crippen LogP contribution in [0.2, 0.25) is 0 Å². The first-order valence-electron chi connectivity index (χ1n) is 5.20. The highest BCUT2D eigenvalue weighted by Crippen LogP contribution is 1.94. The highest BCUT2D eigenvalue weighted by atomic mass is 16.5. The van der Waals surface area contributed by atoms with Gasteiger partial charge < -0.3 is 20.1 Å². The van der Waals surface area contributed by atoms with Gasteiger partial charge in [-0.2, -0.15) is 5.26 Å². The Balaban J connectivity index is 4.36. The molecule has 0 aromatic heterocycles. The summed E-state index contributed by atoms with van der Waals surface area (Å²) in [5.74, 6) is -1.16. The number of carbonyl (C=O) groups is 2. The minimum atomic E-state index is -1.16. The molecule has 7 nitrogen and oxygen atoms in total. The lowest BCUT2D eigenvalue weighted by Gasteiger charge is -2.22. The Labute approximate surface area is 100.0 Å². The molecule has 0 heterocycles. The summed E-state index contributed by atoms with van der Waals surface area (Å²) >= 11 is 0. The average molecular weight is 243 g/mol. The molecule has 0 aliphatic carbocycles. The van der Waals surface area contributed by atoms with E-state index in [9.17, 15) is 9.59 Å². The van der Waals surface area contributed by atoms with E-state index in [0.29, 0.717) is 6.54 Å². The SMILES string of the molecule is CCN(CCC#N)C(=O)NC(COC)C(=O)O. The van der Waals surface area contributed by atoms with Gasteiger partial charge in [-0.1, -0.05) is 0 Å². The number of aliphatic carboxylic acids is 1. The van der Waals surface area contributed by atoms with Crippen LogP contribution in [0.25, 0.3) is 0 Å². The van der Waals surface area contributed by atoms with Gasteiger partial charge >= 0.3 is 12.0 Å². The molecule has 96 valence electrons. The van der Waals surface area contributed by atoms with Gasteiger partial charge in [-0.25, -0.2) is 9.59 Å². The summed E-state index contributed by atoms with van der Waals surface area (Å²) in [6.45, 7) is 2.34. The molecule has 7 heteroatoms. The van der Waals surface area contributed by atoms with Crippen molar-refractivity contribution >= 4 is 12.0 Å². The van der Waals surface area contributed by atoms with Crippen molar-refractivity contribution in [3.63, 3.8) is 0 Å². The van der Waals surface area contributed by atoms with Crippen molar-refractivity contribution in [3.8, 4) is 6.07 Å². The van der Waals surface area contributed by atoms with Gasteiger partial charge in [0.2, 0.25) is 0 Å². The summed E-state index contributed by atoms with van der Waals surface area (Å²) < 4.78 is 4.69. The molecule has 0 aliphatic rings. The second-order valence-corrected chi connectivity index (χ2v) is 3.28. The summed E-state index contributed by atoms with van der Waals surface area (Å²) in [6, 6.07) is 0.339. The van der Waals surface area contributed by atoms with E-state index in [-0.39, 0.29) is 19.6 Å². The first kappa shape index (κ1) is 15.2. The van der Waals surface area contributed by atoms with Gasteiger partial charge in [0.05, 0.1) is 19.1 Å². The van der Waals surface area contributed by atoms with E-state index < -0.39 is 18.0 Å². The number of methoxy groups -OCH3 is 1. The number of carboxylic acids is 1. The van der Waals surface area contributed by atoms with Crippen LogP contribution in [0.3, 0.4) is 0 Å². The molecule has 0 radical (unpaired) electrons. The smallest absolute Gasteiger partial charge is 0.328 e. The maximum Gasteiger partial charge on any atom is 0.328 e. The van der Waals surface area contributed by atoms with Crippen molar-refractivity contribution in [2.24, 2.45) is 0 Å². The van der Waals surface area contributed by atoms with E-state index in [1.54, 1.807) is 6.92 Å². The number of carboxylic acid groups (broad SMARTS) is 1. The third kappa shape index (κ3) is 5.73. The third-order valence-electron chi connectivity index (χ3n) is 2.09. The molecule has 1 atom stereocenters. The van der Waals surface area contributed by atoms with Crippen LogP contribution in [0, 0.1) is 11.3 Å². The summed E-state index contributed by atoms with van der Waals surface area (Å²) in [7, 11) is 1.36. The molecule has 0 aromatic carbocycles. The van der Waals surface area contributed by atoms with Crippen LogP contribution in [-0.2, 0) is 9.53 Å². The minimum absolute atomic E-state index is 0.100. The van der Waals surface area contributed by atoms with Gasteiger partial charge in [-0.05, 0) is 6.92 Å². The number of carbonyl (C=O) groups excluding carboxylic acids is 1. The topological polar surface area (TPSA) is 103 Å². The zero-order valence-corrected chi connectivity index (χ0v) is 9.97. The Morgan fingerprint density at radius 3 is 2.65 bits per heavy atom. The normalized spacial score (nSPS) is 11.4. The molecule has 17 heavy (non-hydrogen) atoms. The number of nitrogens with zero attached hydrogens (tertiary/aromatic N) is 2. The number of ether oxygens (including phenoxy) is 1. The molecule has 0 fully saturated rings. The Morgan fingerprint density at radius 1 is 1.59 bits per heavy atom. The second kappa shape index (κ2) is 8.35. The van der Waals surface area contributed by atoms with Gasteiger partial charge in [0.1, 0.15) is 0 Å². The summed E-state index contributed by atoms with van der Waals surface area (Å²) in [5.41, 5.74) is 0.